The molecule has 0 bridgehead atoms. The number of nitrogens with one attached hydrogen (secondary N) is 1. The third-order valence-corrected chi connectivity index (χ3v) is 2.02. The molecule has 0 heterocycles. The first-order valence-corrected chi connectivity index (χ1v) is 5.12. The van der Waals surface area contributed by atoms with Crippen LogP contribution in [0.4, 0.5) is 5.69 Å². The number of aldehydes is 2. The molecule has 0 aliphatic rings. The highest BCUT2D eigenvalue weighted by Gasteiger charge is 1.94. The first-order chi connectivity index (χ1) is 8.54. The van der Waals surface area contributed by atoms with Gasteiger partial charge in [0.25, 0.3) is 0 Å². The summed E-state index contributed by atoms with van der Waals surface area (Å²) >= 11 is 0. The van der Waals surface area contributed by atoms with E-state index in [4.69, 9.17) is 2.74 Å². The minimum atomic E-state index is -1.14. The SMILES string of the molecule is [2H]C(=O)C(=Cc1ccc(NCCC)cc1)C([2H])=O. The van der Waals surface area contributed by atoms with Gasteiger partial charge in [-0.05, 0) is 30.2 Å². The Hall–Kier alpha value is -1.90. The molecule has 3 nitrogen and oxygen atoms in total. The fraction of sp³-hybridized carbons (Fsp3) is 0.231. The number of carbonyl (C=O) groups excluding carboxylic acids is 2. The van der Waals surface area contributed by atoms with E-state index in [1.165, 1.54) is 6.08 Å². The summed E-state index contributed by atoms with van der Waals surface area (Å²) in [5.41, 5.74) is 1.14. The second-order valence-corrected chi connectivity index (χ2v) is 3.31. The van der Waals surface area contributed by atoms with E-state index < -0.39 is 18.1 Å². The van der Waals surface area contributed by atoms with Crippen molar-refractivity contribution in [1.82, 2.24) is 0 Å². The van der Waals surface area contributed by atoms with Crippen LogP contribution in [0, 0.1) is 0 Å². The highest BCUT2D eigenvalue weighted by Crippen LogP contribution is 2.11. The van der Waals surface area contributed by atoms with Gasteiger partial charge in [-0.3, -0.25) is 9.59 Å². The van der Waals surface area contributed by atoms with Gasteiger partial charge in [-0.15, -0.1) is 0 Å². The van der Waals surface area contributed by atoms with Crippen LogP contribution in [0.2, 0.25) is 0 Å². The Morgan fingerprint density at radius 2 is 1.94 bits per heavy atom. The monoisotopic (exact) mass is 219 g/mol. The second-order valence-electron chi connectivity index (χ2n) is 3.31. The van der Waals surface area contributed by atoms with E-state index in [-0.39, 0.29) is 0 Å². The molecule has 0 spiro atoms. The molecule has 1 rings (SSSR count). The van der Waals surface area contributed by atoms with E-state index in [1.807, 2.05) is 12.1 Å². The Balaban J connectivity index is 2.87. The number of hydrogen-bond acceptors (Lipinski definition) is 3. The summed E-state index contributed by atoms with van der Waals surface area (Å²) in [5, 5.41) is 3.19. The van der Waals surface area contributed by atoms with Gasteiger partial charge in [0.05, 0.1) is 5.57 Å². The van der Waals surface area contributed by atoms with Crippen molar-refractivity contribution in [3.05, 3.63) is 35.4 Å². The summed E-state index contributed by atoms with van der Waals surface area (Å²) in [4.78, 5) is 21.7. The summed E-state index contributed by atoms with van der Waals surface area (Å²) in [6.07, 6.45) is 0.00665. The van der Waals surface area contributed by atoms with Crippen molar-refractivity contribution in [3.8, 4) is 0 Å². The summed E-state index contributed by atoms with van der Waals surface area (Å²) in [6.45, 7) is 2.94. The van der Waals surface area contributed by atoms with Gasteiger partial charge in [-0.25, -0.2) is 0 Å². The van der Waals surface area contributed by atoms with Crippen LogP contribution in [-0.4, -0.2) is 19.1 Å². The van der Waals surface area contributed by atoms with Crippen LogP contribution in [0.1, 0.15) is 21.6 Å². The van der Waals surface area contributed by atoms with Gasteiger partial charge in [-0.2, -0.15) is 0 Å². The van der Waals surface area contributed by atoms with Gasteiger partial charge in [0.2, 0.25) is 0 Å². The number of carbonyl (C=O) groups is 2. The number of allylic oxidation sites excluding steroid dienone is 1. The molecular formula is C13H15NO2. The molecule has 0 radical (unpaired) electrons. The molecule has 0 amide bonds. The molecule has 0 atom stereocenters. The van der Waals surface area contributed by atoms with Crippen molar-refractivity contribution in [1.29, 1.82) is 0 Å². The molecule has 0 aliphatic heterocycles. The zero-order valence-electron chi connectivity index (χ0n) is 11.1. The Bertz CT molecular complexity index is 450. The van der Waals surface area contributed by atoms with E-state index in [0.29, 0.717) is 5.56 Å². The average Bonchev–Trinajstić information content (AvgIpc) is 2.34. The van der Waals surface area contributed by atoms with Crippen LogP contribution in [0.15, 0.2) is 29.8 Å². The van der Waals surface area contributed by atoms with Gasteiger partial charge < -0.3 is 5.32 Å². The normalized spacial score (nSPS) is 11.1. The molecule has 0 unspecified atom stereocenters. The molecule has 0 aromatic heterocycles. The number of rotatable bonds is 6. The highest BCUT2D eigenvalue weighted by molar-refractivity contribution is 6.04. The van der Waals surface area contributed by atoms with Crippen molar-refractivity contribution < 1.29 is 12.3 Å². The molecule has 1 N–H and O–H groups in total. The van der Waals surface area contributed by atoms with Crippen molar-refractivity contribution in [2.45, 2.75) is 13.3 Å². The van der Waals surface area contributed by atoms with Gasteiger partial charge in [0.15, 0.2) is 12.5 Å². The minimum Gasteiger partial charge on any atom is -0.385 e. The van der Waals surface area contributed by atoms with Crippen LogP contribution >= 0.6 is 0 Å². The predicted molar refractivity (Wildman–Crippen MR) is 65.3 cm³/mol. The number of benzene rings is 1. The lowest BCUT2D eigenvalue weighted by Gasteiger charge is -2.04. The molecular weight excluding hydrogens is 202 g/mol. The third-order valence-electron chi connectivity index (χ3n) is 2.02. The zero-order valence-corrected chi connectivity index (χ0v) is 9.12. The van der Waals surface area contributed by atoms with Crippen molar-refractivity contribution in [2.75, 3.05) is 11.9 Å². The van der Waals surface area contributed by atoms with E-state index in [0.717, 1.165) is 18.7 Å². The molecule has 0 saturated carbocycles. The van der Waals surface area contributed by atoms with Crippen LogP contribution in [-0.2, 0) is 9.59 Å². The summed E-state index contributed by atoms with van der Waals surface area (Å²) in [6, 6.07) is 7.09. The topological polar surface area (TPSA) is 46.2 Å². The Labute approximate surface area is 98.0 Å². The van der Waals surface area contributed by atoms with Gasteiger partial charge in [-0.1, -0.05) is 19.1 Å². The average molecular weight is 219 g/mol. The molecule has 84 valence electrons. The Morgan fingerprint density at radius 3 is 2.44 bits per heavy atom. The number of anilines is 1. The molecule has 16 heavy (non-hydrogen) atoms. The smallest absolute Gasteiger partial charge is 0.153 e. The van der Waals surface area contributed by atoms with Crippen LogP contribution in [0.5, 0.6) is 0 Å². The molecule has 0 saturated heterocycles. The lowest BCUT2D eigenvalue weighted by Crippen LogP contribution is -1.98. The number of hydrogen-bond donors (Lipinski definition) is 1. The first kappa shape index (κ1) is 9.33. The fourth-order valence-corrected chi connectivity index (χ4v) is 1.21. The van der Waals surface area contributed by atoms with Crippen LogP contribution < -0.4 is 5.32 Å². The van der Waals surface area contributed by atoms with E-state index >= 15 is 0 Å². The summed E-state index contributed by atoms with van der Waals surface area (Å²) < 4.78 is 13.8. The predicted octanol–water partition coefficient (Wildman–Crippen LogP) is 2.29. The Kier molecular flexibility index (Phi) is 3.83. The lowest BCUT2D eigenvalue weighted by molar-refractivity contribution is -0.109. The molecule has 3 heteroatoms. The minimum absolute atomic E-state index is 0.427. The Morgan fingerprint density at radius 1 is 1.31 bits per heavy atom. The third kappa shape index (κ3) is 3.69. The van der Waals surface area contributed by atoms with E-state index in [1.54, 1.807) is 12.1 Å². The van der Waals surface area contributed by atoms with E-state index in [2.05, 4.69) is 12.2 Å². The van der Waals surface area contributed by atoms with Crippen LogP contribution in [0.25, 0.3) is 6.08 Å². The highest BCUT2D eigenvalue weighted by atomic mass is 16.1. The van der Waals surface area contributed by atoms with Gasteiger partial charge >= 0.3 is 0 Å². The maximum absolute atomic E-state index is 10.8. The maximum Gasteiger partial charge on any atom is 0.153 e. The second kappa shape index (κ2) is 6.56. The largest absolute Gasteiger partial charge is 0.385 e. The quantitative estimate of drug-likeness (QED) is 0.345. The van der Waals surface area contributed by atoms with Crippen LogP contribution in [0.3, 0.4) is 0 Å². The maximum atomic E-state index is 10.8. The molecule has 1 aromatic rings. The lowest BCUT2D eigenvalue weighted by atomic mass is 10.1. The van der Waals surface area contributed by atoms with E-state index in [9.17, 15) is 9.59 Å². The molecule has 0 aliphatic carbocycles. The van der Waals surface area contributed by atoms with Crippen molar-refractivity contribution >= 4 is 24.3 Å². The summed E-state index contributed by atoms with van der Waals surface area (Å²) in [5.74, 6) is 0. The van der Waals surface area contributed by atoms with Gasteiger partial charge in [0, 0.05) is 12.2 Å². The summed E-state index contributed by atoms with van der Waals surface area (Å²) in [7, 11) is 0. The zero-order chi connectivity index (χ0) is 13.5. The van der Waals surface area contributed by atoms with Crippen molar-refractivity contribution in [2.24, 2.45) is 0 Å². The fourth-order valence-electron chi connectivity index (χ4n) is 1.21. The first-order valence-electron chi connectivity index (χ1n) is 6.12. The van der Waals surface area contributed by atoms with Gasteiger partial charge in [0.1, 0.15) is 2.74 Å². The molecule has 1 aromatic carbocycles. The van der Waals surface area contributed by atoms with Crippen molar-refractivity contribution in [3.63, 3.8) is 0 Å². The standard InChI is InChI=1S/C13H15NO2/c1-2-7-14-13-5-3-11(4-6-13)8-12(9-15)10-16/h3-6,8-10,14H,2,7H2,1H3/i9D,10D. The molecule has 0 fully saturated rings.